The summed E-state index contributed by atoms with van der Waals surface area (Å²) in [5.41, 5.74) is 1.12. The Kier molecular flexibility index (Phi) is 4.49. The Labute approximate surface area is 119 Å². The number of benzene rings is 1. The molecular weight excluding hydrogens is 255 g/mol. The topological polar surface area (TPSA) is 34.0 Å². The molecule has 1 atom stereocenters. The van der Waals surface area contributed by atoms with Crippen molar-refractivity contribution in [3.8, 4) is 0 Å². The van der Waals surface area contributed by atoms with E-state index in [1.165, 1.54) is 12.1 Å². The zero-order valence-electron chi connectivity index (χ0n) is 12.5. The largest absolute Gasteiger partial charge is 0.317 e. The Balaban J connectivity index is 2.15. The molecule has 0 aliphatic carbocycles. The van der Waals surface area contributed by atoms with Gasteiger partial charge in [0, 0.05) is 13.1 Å². The molecule has 0 spiro atoms. The monoisotopic (exact) mass is 276 g/mol. The molecule has 20 heavy (non-hydrogen) atoms. The Hall–Kier alpha value is -1.75. The third kappa shape index (κ3) is 3.04. The van der Waals surface area contributed by atoms with Crippen LogP contribution in [0.4, 0.5) is 4.39 Å². The molecule has 2 rings (SSSR count). The lowest BCUT2D eigenvalue weighted by atomic mass is 10.0. The van der Waals surface area contributed by atoms with E-state index in [9.17, 15) is 4.39 Å². The molecule has 1 heterocycles. The number of aryl methyl sites for hydroxylation is 1. The summed E-state index contributed by atoms with van der Waals surface area (Å²) in [6, 6.07) is 6.97. The van der Waals surface area contributed by atoms with Gasteiger partial charge in [-0.15, -0.1) is 10.2 Å². The van der Waals surface area contributed by atoms with Crippen molar-refractivity contribution in [2.75, 3.05) is 7.05 Å². The van der Waals surface area contributed by atoms with Crippen molar-refractivity contribution in [2.24, 2.45) is 7.05 Å². The molecule has 0 aliphatic heterocycles. The molecule has 0 aliphatic rings. The quantitative estimate of drug-likeness (QED) is 0.842. The molecule has 1 unspecified atom stereocenters. The van der Waals surface area contributed by atoms with Crippen LogP contribution in [-0.2, 0) is 13.6 Å². The van der Waals surface area contributed by atoms with Crippen LogP contribution >= 0.6 is 0 Å². The second-order valence-electron chi connectivity index (χ2n) is 5.11. The molecule has 4 nitrogen and oxygen atoms in total. The SMILES string of the molecule is CCC(c1ccc(F)cc1)N(C)Cc1nnc(C)n1C. The fourth-order valence-corrected chi connectivity index (χ4v) is 2.41. The third-order valence-electron chi connectivity index (χ3n) is 3.75. The van der Waals surface area contributed by atoms with Crippen LogP contribution in [0.15, 0.2) is 24.3 Å². The maximum absolute atomic E-state index is 13.0. The highest BCUT2D eigenvalue weighted by Crippen LogP contribution is 2.24. The summed E-state index contributed by atoms with van der Waals surface area (Å²) in [6.07, 6.45) is 0.957. The van der Waals surface area contributed by atoms with E-state index in [2.05, 4.69) is 29.1 Å². The highest BCUT2D eigenvalue weighted by molar-refractivity contribution is 5.20. The first-order valence-electron chi connectivity index (χ1n) is 6.83. The van der Waals surface area contributed by atoms with Crippen molar-refractivity contribution in [1.82, 2.24) is 19.7 Å². The summed E-state index contributed by atoms with van der Waals surface area (Å²) in [7, 11) is 4.03. The number of halogens is 1. The van der Waals surface area contributed by atoms with Crippen molar-refractivity contribution in [3.05, 3.63) is 47.3 Å². The first-order valence-corrected chi connectivity index (χ1v) is 6.83. The van der Waals surface area contributed by atoms with E-state index in [1.54, 1.807) is 0 Å². The molecule has 108 valence electrons. The summed E-state index contributed by atoms with van der Waals surface area (Å²) >= 11 is 0. The van der Waals surface area contributed by atoms with Crippen LogP contribution < -0.4 is 0 Å². The second-order valence-corrected chi connectivity index (χ2v) is 5.11. The van der Waals surface area contributed by atoms with Gasteiger partial charge in [0.25, 0.3) is 0 Å². The van der Waals surface area contributed by atoms with Gasteiger partial charge in [0.2, 0.25) is 0 Å². The number of aromatic nitrogens is 3. The molecule has 1 aromatic carbocycles. The molecule has 0 N–H and O–H groups in total. The maximum atomic E-state index is 13.0. The molecule has 1 aromatic heterocycles. The summed E-state index contributed by atoms with van der Waals surface area (Å²) < 4.78 is 15.0. The van der Waals surface area contributed by atoms with E-state index in [0.717, 1.165) is 23.6 Å². The summed E-state index contributed by atoms with van der Waals surface area (Å²) in [6.45, 7) is 4.79. The van der Waals surface area contributed by atoms with E-state index < -0.39 is 0 Å². The molecular formula is C15H21FN4. The van der Waals surface area contributed by atoms with Crippen LogP contribution in [-0.4, -0.2) is 26.7 Å². The van der Waals surface area contributed by atoms with Crippen molar-refractivity contribution in [1.29, 1.82) is 0 Å². The van der Waals surface area contributed by atoms with Crippen LogP contribution in [0.2, 0.25) is 0 Å². The summed E-state index contributed by atoms with van der Waals surface area (Å²) in [4.78, 5) is 2.22. The van der Waals surface area contributed by atoms with Gasteiger partial charge in [-0.2, -0.15) is 0 Å². The first-order chi connectivity index (χ1) is 9.52. The van der Waals surface area contributed by atoms with Crippen LogP contribution in [0.3, 0.4) is 0 Å². The molecule has 5 heteroatoms. The molecule has 0 fully saturated rings. The lowest BCUT2D eigenvalue weighted by molar-refractivity contribution is 0.222. The Bertz CT molecular complexity index is 562. The summed E-state index contributed by atoms with van der Waals surface area (Å²) in [5.74, 6) is 1.64. The number of hydrogen-bond donors (Lipinski definition) is 0. The summed E-state index contributed by atoms with van der Waals surface area (Å²) in [5, 5.41) is 8.27. The standard InChI is InChI=1S/C15H21FN4/c1-5-14(12-6-8-13(16)9-7-12)19(3)10-15-18-17-11(2)20(15)4/h6-9,14H,5,10H2,1-4H3. The van der Waals surface area contributed by atoms with Crippen LogP contribution in [0.1, 0.15) is 36.6 Å². The van der Waals surface area contributed by atoms with Gasteiger partial charge in [0.05, 0.1) is 6.54 Å². The highest BCUT2D eigenvalue weighted by Gasteiger charge is 2.17. The number of rotatable bonds is 5. The van der Waals surface area contributed by atoms with Crippen molar-refractivity contribution in [3.63, 3.8) is 0 Å². The van der Waals surface area contributed by atoms with E-state index in [-0.39, 0.29) is 11.9 Å². The average molecular weight is 276 g/mol. The van der Waals surface area contributed by atoms with Crippen LogP contribution in [0, 0.1) is 12.7 Å². The molecule has 0 amide bonds. The van der Waals surface area contributed by atoms with Crippen LogP contribution in [0.5, 0.6) is 0 Å². The minimum atomic E-state index is -0.199. The first kappa shape index (κ1) is 14.7. The second kappa shape index (κ2) is 6.13. The van der Waals surface area contributed by atoms with Gasteiger partial charge in [0.1, 0.15) is 17.5 Å². The number of hydrogen-bond acceptors (Lipinski definition) is 3. The van der Waals surface area contributed by atoms with Crippen molar-refractivity contribution in [2.45, 2.75) is 32.9 Å². The highest BCUT2D eigenvalue weighted by atomic mass is 19.1. The fraction of sp³-hybridized carbons (Fsp3) is 0.467. The van der Waals surface area contributed by atoms with Gasteiger partial charge < -0.3 is 4.57 Å². The molecule has 2 aromatic rings. The van der Waals surface area contributed by atoms with Crippen LogP contribution in [0.25, 0.3) is 0 Å². The third-order valence-corrected chi connectivity index (χ3v) is 3.75. The predicted octanol–water partition coefficient (Wildman–Crippen LogP) is 2.85. The Morgan fingerprint density at radius 2 is 1.90 bits per heavy atom. The number of nitrogens with zero attached hydrogens (tertiary/aromatic N) is 4. The minimum Gasteiger partial charge on any atom is -0.317 e. The van der Waals surface area contributed by atoms with E-state index in [4.69, 9.17) is 0 Å². The van der Waals surface area contributed by atoms with E-state index in [0.29, 0.717) is 6.54 Å². The maximum Gasteiger partial charge on any atom is 0.146 e. The minimum absolute atomic E-state index is 0.199. The lowest BCUT2D eigenvalue weighted by Gasteiger charge is -2.27. The molecule has 0 saturated heterocycles. The zero-order valence-corrected chi connectivity index (χ0v) is 12.5. The molecule has 0 bridgehead atoms. The van der Waals surface area contributed by atoms with Gasteiger partial charge in [-0.1, -0.05) is 19.1 Å². The Morgan fingerprint density at radius 3 is 2.40 bits per heavy atom. The molecule has 0 saturated carbocycles. The smallest absolute Gasteiger partial charge is 0.146 e. The van der Waals surface area contributed by atoms with E-state index in [1.807, 2.05) is 30.7 Å². The van der Waals surface area contributed by atoms with Gasteiger partial charge >= 0.3 is 0 Å². The van der Waals surface area contributed by atoms with Crippen molar-refractivity contribution < 1.29 is 4.39 Å². The average Bonchev–Trinajstić information content (AvgIpc) is 2.74. The zero-order chi connectivity index (χ0) is 14.7. The lowest BCUT2D eigenvalue weighted by Crippen LogP contribution is -2.25. The normalized spacial score (nSPS) is 12.9. The Morgan fingerprint density at radius 1 is 1.25 bits per heavy atom. The van der Waals surface area contributed by atoms with Gasteiger partial charge in [0.15, 0.2) is 0 Å². The predicted molar refractivity (Wildman–Crippen MR) is 76.6 cm³/mol. The van der Waals surface area contributed by atoms with Gasteiger partial charge in [-0.05, 0) is 38.1 Å². The van der Waals surface area contributed by atoms with E-state index >= 15 is 0 Å². The van der Waals surface area contributed by atoms with Crippen molar-refractivity contribution >= 4 is 0 Å². The van der Waals surface area contributed by atoms with Gasteiger partial charge in [-0.3, -0.25) is 4.90 Å². The fourth-order valence-electron chi connectivity index (χ4n) is 2.41. The molecule has 0 radical (unpaired) electrons. The van der Waals surface area contributed by atoms with Gasteiger partial charge in [-0.25, -0.2) is 4.39 Å².